The topological polar surface area (TPSA) is 90.4 Å². The molecule has 0 radical (unpaired) electrons. The molecular formula is C18H20FN5O2. The maximum Gasteiger partial charge on any atom is 0.303 e. The van der Waals surface area contributed by atoms with Gasteiger partial charge < -0.3 is 5.32 Å². The lowest BCUT2D eigenvalue weighted by Gasteiger charge is -2.17. The van der Waals surface area contributed by atoms with Crippen LogP contribution >= 0.6 is 0 Å². The number of carbonyl (C=O) groups is 1. The smallest absolute Gasteiger partial charge is 0.303 e. The molecule has 0 unspecified atom stereocenters. The molecule has 0 spiro atoms. The Labute approximate surface area is 150 Å². The lowest BCUT2D eigenvalue weighted by molar-refractivity contribution is -0.126. The number of amides is 1. The number of hydrogen-bond donors (Lipinski definition) is 3. The van der Waals surface area contributed by atoms with E-state index in [0.717, 1.165) is 32.1 Å². The van der Waals surface area contributed by atoms with Crippen molar-refractivity contribution in [2.24, 2.45) is 0 Å². The number of rotatable bonds is 6. The van der Waals surface area contributed by atoms with E-state index in [-0.39, 0.29) is 11.7 Å². The van der Waals surface area contributed by atoms with Crippen LogP contribution in [0, 0.1) is 0 Å². The lowest BCUT2D eigenvalue weighted by atomic mass is 10.2. The van der Waals surface area contributed by atoms with Crippen LogP contribution in [0.3, 0.4) is 0 Å². The molecule has 2 aromatic rings. The van der Waals surface area contributed by atoms with E-state index in [1.165, 1.54) is 23.4 Å². The molecule has 0 aliphatic carbocycles. The van der Waals surface area contributed by atoms with E-state index in [4.69, 9.17) is 5.21 Å². The fraction of sp³-hybridized carbons (Fsp3) is 0.278. The van der Waals surface area contributed by atoms with Crippen LogP contribution in [0.1, 0.15) is 17.7 Å². The summed E-state index contributed by atoms with van der Waals surface area (Å²) < 4.78 is 13.3. The normalized spacial score (nSPS) is 17.9. The van der Waals surface area contributed by atoms with Gasteiger partial charge in [-0.2, -0.15) is 0 Å². The van der Waals surface area contributed by atoms with Gasteiger partial charge in [0.1, 0.15) is 5.82 Å². The van der Waals surface area contributed by atoms with Crippen LogP contribution in [0.5, 0.6) is 0 Å². The minimum atomic E-state index is -1.22. The van der Waals surface area contributed by atoms with Gasteiger partial charge in [0.15, 0.2) is 5.83 Å². The molecule has 1 amide bonds. The predicted octanol–water partition coefficient (Wildman–Crippen LogP) is 1.98. The van der Waals surface area contributed by atoms with Gasteiger partial charge in [0.25, 0.3) is 0 Å². The van der Waals surface area contributed by atoms with Crippen LogP contribution in [0.4, 0.5) is 10.2 Å². The average molecular weight is 357 g/mol. The molecule has 3 rings (SSSR count). The van der Waals surface area contributed by atoms with Gasteiger partial charge in [0.05, 0.1) is 18.1 Å². The van der Waals surface area contributed by atoms with E-state index in [1.54, 1.807) is 0 Å². The molecule has 0 bridgehead atoms. The van der Waals surface area contributed by atoms with Crippen LogP contribution in [-0.2, 0) is 11.3 Å². The number of hydroxylamine groups is 1. The molecule has 1 atom stereocenters. The second-order valence-electron chi connectivity index (χ2n) is 6.11. The fourth-order valence-electron chi connectivity index (χ4n) is 2.88. The highest BCUT2D eigenvalue weighted by Crippen LogP contribution is 2.17. The first-order chi connectivity index (χ1) is 12.6. The number of nitrogens with one attached hydrogen (secondary N) is 2. The quantitative estimate of drug-likeness (QED) is 0.416. The summed E-state index contributed by atoms with van der Waals surface area (Å²) in [7, 11) is 0. The lowest BCUT2D eigenvalue weighted by Crippen LogP contribution is -2.26. The zero-order valence-electron chi connectivity index (χ0n) is 14.1. The van der Waals surface area contributed by atoms with Crippen molar-refractivity contribution in [3.63, 3.8) is 0 Å². The molecule has 3 N–H and O–H groups in total. The van der Waals surface area contributed by atoms with Crippen molar-refractivity contribution in [3.05, 3.63) is 59.8 Å². The van der Waals surface area contributed by atoms with Crippen molar-refractivity contribution in [1.82, 2.24) is 20.3 Å². The number of aromatic nitrogens is 2. The van der Waals surface area contributed by atoms with E-state index in [0.29, 0.717) is 5.82 Å². The molecule has 2 heterocycles. The van der Waals surface area contributed by atoms with Crippen molar-refractivity contribution < 1.29 is 14.4 Å². The highest BCUT2D eigenvalue weighted by Gasteiger charge is 2.22. The minimum absolute atomic E-state index is 0.189. The molecule has 1 aliphatic rings. The third-order valence-corrected chi connectivity index (χ3v) is 4.14. The Kier molecular flexibility index (Phi) is 5.88. The Morgan fingerprint density at radius 1 is 1.31 bits per heavy atom. The first kappa shape index (κ1) is 18.0. The van der Waals surface area contributed by atoms with Gasteiger partial charge >= 0.3 is 5.91 Å². The molecule has 26 heavy (non-hydrogen) atoms. The number of carbonyl (C=O) groups excluding carboxylic acids is 1. The van der Waals surface area contributed by atoms with Crippen LogP contribution in [0.25, 0.3) is 6.08 Å². The van der Waals surface area contributed by atoms with Crippen LogP contribution in [0.2, 0.25) is 0 Å². The molecule has 1 saturated heterocycles. The van der Waals surface area contributed by atoms with Crippen molar-refractivity contribution in [2.45, 2.75) is 19.0 Å². The number of likely N-dealkylation sites (tertiary alicyclic amines) is 1. The van der Waals surface area contributed by atoms with Gasteiger partial charge in [-0.15, -0.1) is 0 Å². The summed E-state index contributed by atoms with van der Waals surface area (Å²) >= 11 is 0. The summed E-state index contributed by atoms with van der Waals surface area (Å²) in [5, 5.41) is 11.7. The summed E-state index contributed by atoms with van der Waals surface area (Å²) in [6.07, 6.45) is 4.76. The number of benzene rings is 1. The van der Waals surface area contributed by atoms with Crippen molar-refractivity contribution in [3.8, 4) is 0 Å². The van der Waals surface area contributed by atoms with Crippen LogP contribution in [-0.4, -0.2) is 45.1 Å². The van der Waals surface area contributed by atoms with E-state index < -0.39 is 11.7 Å². The Morgan fingerprint density at radius 3 is 2.81 bits per heavy atom. The van der Waals surface area contributed by atoms with E-state index in [9.17, 15) is 9.18 Å². The number of halogens is 1. The molecule has 7 nitrogen and oxygen atoms in total. The summed E-state index contributed by atoms with van der Waals surface area (Å²) in [5.41, 5.74) is 2.70. The van der Waals surface area contributed by atoms with Crippen molar-refractivity contribution in [1.29, 1.82) is 0 Å². The molecule has 136 valence electrons. The standard InChI is InChI=1S/C18H20FN5O2/c19-16(18(25)23-26)8-15-9-21-17(10-20-15)22-14-6-7-24(12-14)11-13-4-2-1-3-5-13/h1-5,8-10,14,26H,6-7,11-12H2,(H,21,22)(H,23,25)/b16-8-/t14-/m1/s1. The maximum absolute atomic E-state index is 13.3. The average Bonchev–Trinajstić information content (AvgIpc) is 3.10. The predicted molar refractivity (Wildman–Crippen MR) is 94.8 cm³/mol. The Morgan fingerprint density at radius 2 is 2.12 bits per heavy atom. The highest BCUT2D eigenvalue weighted by atomic mass is 19.1. The summed E-state index contributed by atoms with van der Waals surface area (Å²) in [5.74, 6) is -1.77. The van der Waals surface area contributed by atoms with E-state index in [2.05, 4.69) is 32.3 Å². The molecule has 1 aromatic heterocycles. The molecular weight excluding hydrogens is 337 g/mol. The first-order valence-corrected chi connectivity index (χ1v) is 8.30. The number of hydrogen-bond acceptors (Lipinski definition) is 6. The second-order valence-corrected chi connectivity index (χ2v) is 6.11. The summed E-state index contributed by atoms with van der Waals surface area (Å²) in [6, 6.07) is 10.6. The van der Waals surface area contributed by atoms with Gasteiger partial charge in [-0.1, -0.05) is 30.3 Å². The summed E-state index contributed by atoms with van der Waals surface area (Å²) in [4.78, 5) is 21.5. The molecule has 1 fully saturated rings. The third kappa shape index (κ3) is 4.84. The van der Waals surface area contributed by atoms with Gasteiger partial charge in [-0.25, -0.2) is 14.9 Å². The SMILES string of the molecule is O=C(NO)/C(F)=C/c1cnc(N[C@@H]2CCN(Cc3ccccc3)C2)cn1. The largest absolute Gasteiger partial charge is 0.365 e. The molecule has 1 aliphatic heterocycles. The highest BCUT2D eigenvalue weighted by molar-refractivity contribution is 5.94. The zero-order valence-corrected chi connectivity index (χ0v) is 14.1. The molecule has 0 saturated carbocycles. The van der Waals surface area contributed by atoms with Crippen LogP contribution in [0.15, 0.2) is 48.6 Å². The van der Waals surface area contributed by atoms with Gasteiger partial charge in [0, 0.05) is 31.8 Å². The maximum atomic E-state index is 13.3. The van der Waals surface area contributed by atoms with Crippen molar-refractivity contribution in [2.75, 3.05) is 18.4 Å². The number of anilines is 1. The third-order valence-electron chi connectivity index (χ3n) is 4.14. The fourth-order valence-corrected chi connectivity index (χ4v) is 2.88. The first-order valence-electron chi connectivity index (χ1n) is 8.30. The van der Waals surface area contributed by atoms with E-state index >= 15 is 0 Å². The van der Waals surface area contributed by atoms with Crippen molar-refractivity contribution >= 4 is 17.8 Å². The summed E-state index contributed by atoms with van der Waals surface area (Å²) in [6.45, 7) is 2.83. The molecule has 8 heteroatoms. The van der Waals surface area contributed by atoms with Gasteiger partial charge in [-0.3, -0.25) is 19.9 Å². The zero-order chi connectivity index (χ0) is 18.4. The monoisotopic (exact) mass is 357 g/mol. The Balaban J connectivity index is 1.53. The van der Waals surface area contributed by atoms with Gasteiger partial charge in [-0.05, 0) is 12.0 Å². The van der Waals surface area contributed by atoms with Gasteiger partial charge in [0.2, 0.25) is 0 Å². The Bertz CT molecular complexity index is 767. The number of nitrogens with zero attached hydrogens (tertiary/aromatic N) is 3. The Hall–Kier alpha value is -2.84. The van der Waals surface area contributed by atoms with E-state index in [1.807, 2.05) is 18.2 Å². The minimum Gasteiger partial charge on any atom is -0.365 e. The van der Waals surface area contributed by atoms with Crippen LogP contribution < -0.4 is 10.8 Å². The second kappa shape index (κ2) is 8.50. The molecule has 1 aromatic carbocycles.